The Bertz CT molecular complexity index is 2100. The summed E-state index contributed by atoms with van der Waals surface area (Å²) in [7, 11) is 0. The Labute approximate surface area is 281 Å². The highest BCUT2D eigenvalue weighted by Crippen LogP contribution is 2.52. The van der Waals surface area contributed by atoms with Gasteiger partial charge in [-0.25, -0.2) is 14.8 Å². The standard InChI is InChI=1S/C37H37F2N7O3/c1-19(2)32(45-36(48)49)35(47)46-14-4-6-31(46)34-41-18-30(44-34)22-8-11-24-23-10-7-20(15-25(23)37(38,39)26(24)16-22)21-9-12-27-29(17-21)43-33(42-27)28-5-3-13-40-28/h7-12,15-19,28,31-32,40,45H,3-6,13-14H2,1-2H3,(H,41,44)(H,42,43)(H,48,49)/t28-,31-,32?/m0/s1. The molecule has 5 aromatic rings. The average molecular weight is 666 g/mol. The first-order chi connectivity index (χ1) is 23.6. The molecule has 252 valence electrons. The van der Waals surface area contributed by atoms with Gasteiger partial charge in [0.2, 0.25) is 5.91 Å². The number of nitrogens with one attached hydrogen (secondary N) is 4. The van der Waals surface area contributed by atoms with E-state index in [1.807, 2.05) is 24.3 Å². The number of benzene rings is 3. The van der Waals surface area contributed by atoms with Crippen LogP contribution in [0.5, 0.6) is 0 Å². The Kier molecular flexibility index (Phi) is 7.51. The van der Waals surface area contributed by atoms with Crippen molar-refractivity contribution in [3.05, 3.63) is 83.6 Å². The molecule has 2 aliphatic heterocycles. The van der Waals surface area contributed by atoms with Crippen LogP contribution in [0, 0.1) is 5.92 Å². The zero-order valence-electron chi connectivity index (χ0n) is 27.2. The van der Waals surface area contributed by atoms with E-state index in [2.05, 4.69) is 25.6 Å². The molecular formula is C37H37F2N7O3. The van der Waals surface area contributed by atoms with Crippen molar-refractivity contribution in [1.82, 2.24) is 35.5 Å². The third-order valence-corrected chi connectivity index (χ3v) is 10.2. The number of likely N-dealkylation sites (tertiary alicyclic amines) is 1. The van der Waals surface area contributed by atoms with Gasteiger partial charge in [0.25, 0.3) is 5.92 Å². The van der Waals surface area contributed by atoms with Crippen molar-refractivity contribution >= 4 is 23.0 Å². The van der Waals surface area contributed by atoms with Crippen LogP contribution in [-0.4, -0.2) is 61.1 Å². The first-order valence-electron chi connectivity index (χ1n) is 16.8. The minimum absolute atomic E-state index is 0.0298. The second kappa shape index (κ2) is 11.8. The van der Waals surface area contributed by atoms with Gasteiger partial charge in [-0.05, 0) is 84.7 Å². The van der Waals surface area contributed by atoms with Gasteiger partial charge in [-0.2, -0.15) is 8.78 Å². The second-order valence-corrected chi connectivity index (χ2v) is 13.6. The van der Waals surface area contributed by atoms with E-state index in [0.717, 1.165) is 48.2 Å². The molecule has 1 aliphatic carbocycles. The van der Waals surface area contributed by atoms with E-state index < -0.39 is 18.1 Å². The molecule has 0 spiro atoms. The van der Waals surface area contributed by atoms with Crippen LogP contribution in [0.25, 0.3) is 44.5 Å². The minimum Gasteiger partial charge on any atom is -0.465 e. The zero-order valence-corrected chi connectivity index (χ0v) is 27.2. The topological polar surface area (TPSA) is 139 Å². The Morgan fingerprint density at radius 1 is 0.939 bits per heavy atom. The van der Waals surface area contributed by atoms with Gasteiger partial charge in [0, 0.05) is 23.2 Å². The van der Waals surface area contributed by atoms with E-state index in [4.69, 9.17) is 4.98 Å². The molecule has 2 aromatic heterocycles. The van der Waals surface area contributed by atoms with Gasteiger partial charge in [-0.3, -0.25) is 4.79 Å². The van der Waals surface area contributed by atoms with Crippen molar-refractivity contribution in [2.75, 3.05) is 13.1 Å². The molecule has 2 amide bonds. The summed E-state index contributed by atoms with van der Waals surface area (Å²) < 4.78 is 32.5. The number of aromatic nitrogens is 4. The third-order valence-electron chi connectivity index (χ3n) is 10.2. The lowest BCUT2D eigenvalue weighted by molar-refractivity contribution is -0.135. The molecular weight excluding hydrogens is 628 g/mol. The highest BCUT2D eigenvalue weighted by molar-refractivity contribution is 5.87. The summed E-state index contributed by atoms with van der Waals surface area (Å²) >= 11 is 0. The summed E-state index contributed by atoms with van der Waals surface area (Å²) in [5.41, 5.74) is 5.29. The second-order valence-electron chi connectivity index (χ2n) is 13.6. The van der Waals surface area contributed by atoms with Crippen LogP contribution in [0.1, 0.15) is 74.4 Å². The number of aromatic amines is 2. The largest absolute Gasteiger partial charge is 0.465 e. The number of hydrogen-bond donors (Lipinski definition) is 5. The Balaban J connectivity index is 1.05. The van der Waals surface area contributed by atoms with Crippen LogP contribution < -0.4 is 10.6 Å². The van der Waals surface area contributed by atoms with Crippen LogP contribution in [-0.2, 0) is 10.7 Å². The highest BCUT2D eigenvalue weighted by atomic mass is 19.3. The number of rotatable bonds is 7. The molecule has 0 saturated carbocycles. The highest BCUT2D eigenvalue weighted by Gasteiger charge is 2.45. The van der Waals surface area contributed by atoms with Crippen LogP contribution in [0.2, 0.25) is 0 Å². The van der Waals surface area contributed by atoms with Gasteiger partial charge < -0.3 is 30.6 Å². The molecule has 2 saturated heterocycles. The average Bonchev–Trinajstić information content (AvgIpc) is 3.93. The fourth-order valence-corrected chi connectivity index (χ4v) is 7.65. The van der Waals surface area contributed by atoms with Crippen molar-refractivity contribution in [1.29, 1.82) is 0 Å². The quantitative estimate of drug-likeness (QED) is 0.126. The van der Waals surface area contributed by atoms with E-state index in [9.17, 15) is 14.7 Å². The van der Waals surface area contributed by atoms with Gasteiger partial charge in [-0.15, -0.1) is 0 Å². The number of alkyl halides is 2. The van der Waals surface area contributed by atoms with Crippen molar-refractivity contribution < 1.29 is 23.5 Å². The first kappa shape index (κ1) is 31.2. The maximum atomic E-state index is 16.2. The molecule has 12 heteroatoms. The molecule has 49 heavy (non-hydrogen) atoms. The van der Waals surface area contributed by atoms with Gasteiger partial charge in [0.15, 0.2) is 0 Å². The molecule has 3 atom stereocenters. The molecule has 3 aromatic carbocycles. The first-order valence-corrected chi connectivity index (χ1v) is 16.8. The van der Waals surface area contributed by atoms with Crippen molar-refractivity contribution in [2.45, 2.75) is 63.6 Å². The normalized spacial score (nSPS) is 20.1. The number of carbonyl (C=O) groups is 2. The van der Waals surface area contributed by atoms with Crippen LogP contribution in [0.3, 0.4) is 0 Å². The Hall–Kier alpha value is -5.10. The maximum absolute atomic E-state index is 16.2. The monoisotopic (exact) mass is 665 g/mol. The number of carbonyl (C=O) groups excluding carboxylic acids is 1. The Morgan fingerprint density at radius 2 is 1.65 bits per heavy atom. The van der Waals surface area contributed by atoms with Crippen LogP contribution >= 0.6 is 0 Å². The van der Waals surface area contributed by atoms with E-state index in [0.29, 0.717) is 46.7 Å². The van der Waals surface area contributed by atoms with Crippen molar-refractivity contribution in [2.24, 2.45) is 5.92 Å². The van der Waals surface area contributed by atoms with E-state index in [-0.39, 0.29) is 35.0 Å². The third kappa shape index (κ3) is 5.34. The minimum atomic E-state index is -3.21. The smallest absolute Gasteiger partial charge is 0.405 e. The summed E-state index contributed by atoms with van der Waals surface area (Å²) in [5, 5.41) is 15.1. The molecule has 0 radical (unpaired) electrons. The molecule has 5 N–H and O–H groups in total. The number of H-pyrrole nitrogens is 2. The fraction of sp³-hybridized carbons (Fsp3) is 0.351. The van der Waals surface area contributed by atoms with Gasteiger partial charge in [-0.1, -0.05) is 44.2 Å². The molecule has 10 nitrogen and oxygen atoms in total. The van der Waals surface area contributed by atoms with E-state index in [1.54, 1.807) is 49.2 Å². The lowest BCUT2D eigenvalue weighted by Gasteiger charge is -2.29. The van der Waals surface area contributed by atoms with Gasteiger partial charge >= 0.3 is 6.09 Å². The van der Waals surface area contributed by atoms with E-state index >= 15 is 8.78 Å². The molecule has 8 rings (SSSR count). The summed E-state index contributed by atoms with van der Waals surface area (Å²) in [6.45, 7) is 5.03. The molecule has 3 aliphatic rings. The number of hydrogen-bond acceptors (Lipinski definition) is 5. The van der Waals surface area contributed by atoms with Crippen LogP contribution in [0.4, 0.5) is 13.6 Å². The fourth-order valence-electron chi connectivity index (χ4n) is 7.65. The Morgan fingerprint density at radius 3 is 2.37 bits per heavy atom. The number of imidazole rings is 2. The number of carboxylic acid groups (broad SMARTS) is 1. The lowest BCUT2D eigenvalue weighted by Crippen LogP contribution is -2.50. The molecule has 2 fully saturated rings. The summed E-state index contributed by atoms with van der Waals surface area (Å²) in [6, 6.07) is 15.1. The summed E-state index contributed by atoms with van der Waals surface area (Å²) in [4.78, 5) is 42.4. The van der Waals surface area contributed by atoms with Gasteiger partial charge in [0.05, 0.1) is 35.0 Å². The molecule has 0 bridgehead atoms. The molecule has 4 heterocycles. The maximum Gasteiger partial charge on any atom is 0.405 e. The SMILES string of the molecule is CC(C)C(NC(=O)O)C(=O)N1CCC[C@H]1c1ncc(-c2ccc3c(c2)C(F)(F)c2cc(-c4ccc5nc([C@@H]6CCCN6)[nH]c5c4)ccc2-3)[nH]1. The van der Waals surface area contributed by atoms with Crippen LogP contribution in [0.15, 0.2) is 60.8 Å². The summed E-state index contributed by atoms with van der Waals surface area (Å²) in [5.74, 6) is -2.31. The lowest BCUT2D eigenvalue weighted by atomic mass is 9.98. The number of amides is 2. The summed E-state index contributed by atoms with van der Waals surface area (Å²) in [6.07, 6.45) is 3.89. The predicted molar refractivity (Wildman–Crippen MR) is 181 cm³/mol. The number of fused-ring (bicyclic) bond motifs is 4. The van der Waals surface area contributed by atoms with Gasteiger partial charge in [0.1, 0.15) is 17.7 Å². The molecule has 1 unspecified atom stereocenters. The predicted octanol–water partition coefficient (Wildman–Crippen LogP) is 7.12. The van der Waals surface area contributed by atoms with Crippen molar-refractivity contribution in [3.8, 4) is 33.5 Å². The van der Waals surface area contributed by atoms with Crippen molar-refractivity contribution in [3.63, 3.8) is 0 Å². The van der Waals surface area contributed by atoms with E-state index in [1.165, 1.54) is 6.07 Å². The number of halogens is 2. The zero-order chi connectivity index (χ0) is 34.0. The number of nitrogens with zero attached hydrogens (tertiary/aromatic N) is 3.